The molecule has 2 rings (SSSR count). The quantitative estimate of drug-likeness (QED) is 0.903. The van der Waals surface area contributed by atoms with Crippen LogP contribution < -0.4 is 5.32 Å². The maximum atomic E-state index is 12.4. The Balaban J connectivity index is 2.23. The first kappa shape index (κ1) is 13.0. The Morgan fingerprint density at radius 2 is 2.29 bits per heavy atom. The van der Waals surface area contributed by atoms with Gasteiger partial charge in [0.15, 0.2) is 0 Å². The van der Waals surface area contributed by atoms with E-state index in [1.54, 1.807) is 10.4 Å². The van der Waals surface area contributed by atoms with Crippen molar-refractivity contribution in [3.8, 4) is 0 Å². The fourth-order valence-corrected chi connectivity index (χ4v) is 4.91. The first-order valence-corrected chi connectivity index (χ1v) is 8.12. The molecule has 1 N–H and O–H groups in total. The van der Waals surface area contributed by atoms with Gasteiger partial charge in [0, 0.05) is 30.6 Å². The first-order valence-electron chi connectivity index (χ1n) is 5.86. The van der Waals surface area contributed by atoms with Gasteiger partial charge in [-0.1, -0.05) is 6.92 Å². The normalized spacial score (nSPS) is 22.8. The summed E-state index contributed by atoms with van der Waals surface area (Å²) >= 11 is 1.38. The van der Waals surface area contributed by atoms with E-state index in [1.807, 2.05) is 19.9 Å². The minimum absolute atomic E-state index is 0.226. The van der Waals surface area contributed by atoms with E-state index in [4.69, 9.17) is 0 Å². The van der Waals surface area contributed by atoms with Crippen molar-refractivity contribution in [3.63, 3.8) is 0 Å². The molecule has 1 atom stereocenters. The van der Waals surface area contributed by atoms with Crippen molar-refractivity contribution in [2.75, 3.05) is 19.6 Å². The SMILES string of the molecule is CCc1ccc(S(=O)(=O)N2CCNC(C)C2)s1. The molecule has 1 aliphatic rings. The van der Waals surface area contributed by atoms with Crippen molar-refractivity contribution in [3.05, 3.63) is 17.0 Å². The molecule has 1 aromatic heterocycles. The Morgan fingerprint density at radius 3 is 2.88 bits per heavy atom. The van der Waals surface area contributed by atoms with E-state index in [-0.39, 0.29) is 6.04 Å². The largest absolute Gasteiger partial charge is 0.312 e. The van der Waals surface area contributed by atoms with E-state index in [1.165, 1.54) is 11.3 Å². The lowest BCUT2D eigenvalue weighted by Crippen LogP contribution is -2.51. The molecular formula is C11H18N2O2S2. The fourth-order valence-electron chi connectivity index (χ4n) is 1.93. The highest BCUT2D eigenvalue weighted by molar-refractivity contribution is 7.91. The molecule has 17 heavy (non-hydrogen) atoms. The summed E-state index contributed by atoms with van der Waals surface area (Å²) in [5, 5.41) is 3.25. The first-order chi connectivity index (χ1) is 8.04. The Bertz CT molecular complexity index is 481. The van der Waals surface area contributed by atoms with Gasteiger partial charge in [0.25, 0.3) is 10.0 Å². The lowest BCUT2D eigenvalue weighted by Gasteiger charge is -2.30. The smallest absolute Gasteiger partial charge is 0.252 e. The highest BCUT2D eigenvalue weighted by Gasteiger charge is 2.29. The zero-order valence-corrected chi connectivity index (χ0v) is 11.8. The number of nitrogens with zero attached hydrogens (tertiary/aromatic N) is 1. The molecule has 96 valence electrons. The summed E-state index contributed by atoms with van der Waals surface area (Å²) in [7, 11) is -3.27. The van der Waals surface area contributed by atoms with Crippen molar-refractivity contribution in [2.24, 2.45) is 0 Å². The molecule has 1 fully saturated rings. The van der Waals surface area contributed by atoms with Crippen LogP contribution in [-0.4, -0.2) is 38.4 Å². The van der Waals surface area contributed by atoms with Crippen LogP contribution in [0.25, 0.3) is 0 Å². The van der Waals surface area contributed by atoms with Gasteiger partial charge in [0.1, 0.15) is 4.21 Å². The van der Waals surface area contributed by atoms with Crippen molar-refractivity contribution in [1.82, 2.24) is 9.62 Å². The summed E-state index contributed by atoms with van der Waals surface area (Å²) in [6.45, 7) is 5.89. The minimum atomic E-state index is -3.27. The van der Waals surface area contributed by atoms with Crippen LogP contribution in [0, 0.1) is 0 Å². The molecule has 0 amide bonds. The maximum Gasteiger partial charge on any atom is 0.252 e. The molecule has 0 aliphatic carbocycles. The molecule has 0 bridgehead atoms. The summed E-state index contributed by atoms with van der Waals surface area (Å²) in [5.41, 5.74) is 0. The van der Waals surface area contributed by atoms with Crippen LogP contribution in [0.4, 0.5) is 0 Å². The molecule has 1 aliphatic heterocycles. The fraction of sp³-hybridized carbons (Fsp3) is 0.636. The Morgan fingerprint density at radius 1 is 1.53 bits per heavy atom. The molecule has 1 saturated heterocycles. The standard InChI is InChI=1S/C11H18N2O2S2/c1-3-10-4-5-11(16-10)17(14,15)13-7-6-12-9(2)8-13/h4-5,9,12H,3,6-8H2,1-2H3. The number of rotatable bonds is 3. The lowest BCUT2D eigenvalue weighted by atomic mass is 10.3. The molecule has 4 nitrogen and oxygen atoms in total. The van der Waals surface area contributed by atoms with E-state index in [9.17, 15) is 8.42 Å². The summed E-state index contributed by atoms with van der Waals surface area (Å²) in [5.74, 6) is 0. The molecule has 6 heteroatoms. The molecular weight excluding hydrogens is 256 g/mol. The van der Waals surface area contributed by atoms with Crippen molar-refractivity contribution in [1.29, 1.82) is 0 Å². The van der Waals surface area contributed by atoms with Crippen LogP contribution >= 0.6 is 11.3 Å². The minimum Gasteiger partial charge on any atom is -0.312 e. The van der Waals surface area contributed by atoms with Gasteiger partial charge < -0.3 is 5.32 Å². The molecule has 1 aromatic rings. The van der Waals surface area contributed by atoms with E-state index in [0.717, 1.165) is 17.8 Å². The Kier molecular flexibility index (Phi) is 3.87. The van der Waals surface area contributed by atoms with Gasteiger partial charge in [0.2, 0.25) is 0 Å². The van der Waals surface area contributed by atoms with E-state index in [0.29, 0.717) is 17.3 Å². The molecule has 0 aromatic carbocycles. The van der Waals surface area contributed by atoms with Crippen LogP contribution in [0.3, 0.4) is 0 Å². The van der Waals surface area contributed by atoms with Crippen molar-refractivity contribution < 1.29 is 8.42 Å². The second-order valence-electron chi connectivity index (χ2n) is 4.29. The van der Waals surface area contributed by atoms with Crippen LogP contribution in [-0.2, 0) is 16.4 Å². The number of nitrogens with one attached hydrogen (secondary N) is 1. The highest BCUT2D eigenvalue weighted by Crippen LogP contribution is 2.25. The highest BCUT2D eigenvalue weighted by atomic mass is 32.2. The molecule has 2 heterocycles. The van der Waals surface area contributed by atoms with Crippen LogP contribution in [0.5, 0.6) is 0 Å². The molecule has 0 radical (unpaired) electrons. The van der Waals surface area contributed by atoms with E-state index >= 15 is 0 Å². The van der Waals surface area contributed by atoms with Crippen molar-refractivity contribution >= 4 is 21.4 Å². The summed E-state index contributed by atoms with van der Waals surface area (Å²) in [6.07, 6.45) is 0.887. The number of sulfonamides is 1. The molecule has 0 spiro atoms. The molecule has 0 saturated carbocycles. The van der Waals surface area contributed by atoms with Gasteiger partial charge in [0.05, 0.1) is 0 Å². The second-order valence-corrected chi connectivity index (χ2v) is 7.63. The average molecular weight is 274 g/mol. The number of hydrogen-bond donors (Lipinski definition) is 1. The van der Waals surface area contributed by atoms with Gasteiger partial charge in [-0.25, -0.2) is 8.42 Å². The number of thiophene rings is 1. The van der Waals surface area contributed by atoms with Gasteiger partial charge in [-0.2, -0.15) is 4.31 Å². The maximum absolute atomic E-state index is 12.4. The van der Waals surface area contributed by atoms with Gasteiger partial charge in [-0.05, 0) is 25.5 Å². The Hall–Kier alpha value is -0.430. The summed E-state index contributed by atoms with van der Waals surface area (Å²) in [6, 6.07) is 3.86. The Labute approximate surface area is 107 Å². The summed E-state index contributed by atoms with van der Waals surface area (Å²) in [4.78, 5) is 1.12. The number of hydrogen-bond acceptors (Lipinski definition) is 4. The van der Waals surface area contributed by atoms with E-state index in [2.05, 4.69) is 5.32 Å². The second kappa shape index (κ2) is 5.06. The number of aryl methyl sites for hydroxylation is 1. The van der Waals surface area contributed by atoms with Gasteiger partial charge >= 0.3 is 0 Å². The van der Waals surface area contributed by atoms with Crippen LogP contribution in [0.2, 0.25) is 0 Å². The van der Waals surface area contributed by atoms with Crippen LogP contribution in [0.15, 0.2) is 16.3 Å². The summed E-state index contributed by atoms with van der Waals surface area (Å²) < 4.78 is 26.8. The van der Waals surface area contributed by atoms with Crippen molar-refractivity contribution in [2.45, 2.75) is 30.5 Å². The predicted octanol–water partition coefficient (Wildman–Crippen LogP) is 1.29. The third-order valence-corrected chi connectivity index (χ3v) is 6.47. The topological polar surface area (TPSA) is 49.4 Å². The zero-order valence-electron chi connectivity index (χ0n) is 10.1. The average Bonchev–Trinajstić information content (AvgIpc) is 2.78. The van der Waals surface area contributed by atoms with E-state index < -0.39 is 10.0 Å². The zero-order chi connectivity index (χ0) is 12.5. The van der Waals surface area contributed by atoms with Gasteiger partial charge in [-0.3, -0.25) is 0 Å². The lowest BCUT2D eigenvalue weighted by molar-refractivity contribution is 0.311. The monoisotopic (exact) mass is 274 g/mol. The third kappa shape index (κ3) is 2.70. The molecule has 1 unspecified atom stereocenters. The number of piperazine rings is 1. The predicted molar refractivity (Wildman–Crippen MR) is 69.9 cm³/mol. The van der Waals surface area contributed by atoms with Gasteiger partial charge in [-0.15, -0.1) is 11.3 Å². The van der Waals surface area contributed by atoms with Crippen LogP contribution in [0.1, 0.15) is 18.7 Å². The third-order valence-electron chi connectivity index (χ3n) is 2.91.